The molecule has 0 radical (unpaired) electrons. The van der Waals surface area contributed by atoms with Crippen molar-refractivity contribution in [1.29, 1.82) is 0 Å². The fourth-order valence-corrected chi connectivity index (χ4v) is 3.67. The average molecular weight is 363 g/mol. The third-order valence-corrected chi connectivity index (χ3v) is 5.23. The van der Waals surface area contributed by atoms with Crippen LogP contribution in [0.2, 0.25) is 0 Å². The number of carbonyl (C=O) groups is 1. The number of pyridine rings is 1. The number of carbonyl (C=O) groups excluding carboxylic acids is 1. The second kappa shape index (κ2) is 7.09. The first kappa shape index (κ1) is 16.5. The lowest BCUT2D eigenvalue weighted by molar-refractivity contribution is 0.0606. The maximum absolute atomic E-state index is 11.6. The fourth-order valence-electron chi connectivity index (χ4n) is 2.78. The van der Waals surface area contributed by atoms with E-state index in [1.807, 2.05) is 41.2 Å². The molecule has 0 aliphatic heterocycles. The number of benzene rings is 1. The van der Waals surface area contributed by atoms with Crippen molar-refractivity contribution in [2.24, 2.45) is 0 Å². The Morgan fingerprint density at radius 3 is 2.88 bits per heavy atom. The average Bonchev–Trinajstić information content (AvgIpc) is 3.35. The quantitative estimate of drug-likeness (QED) is 0.499. The first-order valence-electron chi connectivity index (χ1n) is 8.29. The minimum Gasteiger partial charge on any atom is -0.465 e. The van der Waals surface area contributed by atoms with Gasteiger partial charge in [0, 0.05) is 30.2 Å². The van der Waals surface area contributed by atoms with Crippen molar-refractivity contribution in [1.82, 2.24) is 14.8 Å². The molecule has 3 aromatic heterocycles. The van der Waals surface area contributed by atoms with Crippen molar-refractivity contribution in [3.8, 4) is 10.6 Å². The molecule has 0 N–H and O–H groups in total. The molecule has 0 amide bonds. The highest BCUT2D eigenvalue weighted by Crippen LogP contribution is 2.27. The lowest BCUT2D eigenvalue weighted by atomic mass is 10.2. The molecular weight excluding hydrogens is 346 g/mol. The Labute approximate surface area is 154 Å². The summed E-state index contributed by atoms with van der Waals surface area (Å²) in [4.78, 5) is 17.8. The van der Waals surface area contributed by atoms with Crippen molar-refractivity contribution in [3.63, 3.8) is 0 Å². The number of para-hydroxylation sites is 1. The van der Waals surface area contributed by atoms with Crippen LogP contribution >= 0.6 is 11.3 Å². The number of aryl methyl sites for hydroxylation is 2. The maximum Gasteiger partial charge on any atom is 0.348 e. The number of aromatic nitrogens is 3. The van der Waals surface area contributed by atoms with Crippen molar-refractivity contribution >= 4 is 28.2 Å². The highest BCUT2D eigenvalue weighted by atomic mass is 32.1. The highest BCUT2D eigenvalue weighted by Gasteiger charge is 2.12. The molecule has 0 aliphatic rings. The summed E-state index contributed by atoms with van der Waals surface area (Å²) in [6.07, 6.45) is 2.76. The van der Waals surface area contributed by atoms with Gasteiger partial charge in [0.05, 0.1) is 17.5 Å². The van der Waals surface area contributed by atoms with E-state index in [1.54, 1.807) is 6.07 Å². The van der Waals surface area contributed by atoms with E-state index in [9.17, 15) is 4.79 Å². The monoisotopic (exact) mass is 363 g/mol. The van der Waals surface area contributed by atoms with Gasteiger partial charge in [-0.2, -0.15) is 5.10 Å². The number of fused-ring (bicyclic) bond motifs is 1. The molecule has 5 nitrogen and oxygen atoms in total. The van der Waals surface area contributed by atoms with Gasteiger partial charge in [-0.1, -0.05) is 24.3 Å². The zero-order valence-electron chi connectivity index (χ0n) is 14.3. The Hall–Kier alpha value is -2.99. The van der Waals surface area contributed by atoms with Crippen LogP contribution in [-0.2, 0) is 17.7 Å². The van der Waals surface area contributed by atoms with Crippen molar-refractivity contribution < 1.29 is 9.53 Å². The minimum absolute atomic E-state index is 0.317. The molecule has 0 saturated heterocycles. The lowest BCUT2D eigenvalue weighted by Gasteiger charge is -2.03. The lowest BCUT2D eigenvalue weighted by Crippen LogP contribution is -2.03. The summed E-state index contributed by atoms with van der Waals surface area (Å²) in [6.45, 7) is 0.751. The van der Waals surface area contributed by atoms with Crippen LogP contribution in [0.3, 0.4) is 0 Å². The largest absolute Gasteiger partial charge is 0.465 e. The number of thiophene rings is 1. The van der Waals surface area contributed by atoms with Crippen LogP contribution in [0.25, 0.3) is 21.5 Å². The molecule has 6 heteroatoms. The van der Waals surface area contributed by atoms with E-state index in [0.717, 1.165) is 40.1 Å². The zero-order chi connectivity index (χ0) is 17.9. The van der Waals surface area contributed by atoms with Gasteiger partial charge in [0.1, 0.15) is 10.6 Å². The van der Waals surface area contributed by atoms with E-state index in [0.29, 0.717) is 4.88 Å². The van der Waals surface area contributed by atoms with Crippen LogP contribution in [0.15, 0.2) is 60.8 Å². The van der Waals surface area contributed by atoms with Crippen LogP contribution in [0.5, 0.6) is 0 Å². The molecule has 1 aromatic carbocycles. The Morgan fingerprint density at radius 2 is 2.00 bits per heavy atom. The third-order valence-electron chi connectivity index (χ3n) is 4.14. The fraction of sp³-hybridized carbons (Fsp3) is 0.150. The third kappa shape index (κ3) is 3.36. The molecule has 0 atom stereocenters. The molecule has 0 fully saturated rings. The van der Waals surface area contributed by atoms with Crippen molar-refractivity contribution in [3.05, 3.63) is 71.4 Å². The van der Waals surface area contributed by atoms with Gasteiger partial charge in [0.2, 0.25) is 0 Å². The predicted molar refractivity (Wildman–Crippen MR) is 102 cm³/mol. The SMILES string of the molecule is COC(=O)c1ccc(-c2ccn(CCc3ccc4ccccc4n3)n2)s1. The van der Waals surface area contributed by atoms with E-state index in [-0.39, 0.29) is 5.97 Å². The topological polar surface area (TPSA) is 57.0 Å². The van der Waals surface area contributed by atoms with Gasteiger partial charge in [-0.15, -0.1) is 11.3 Å². The normalized spacial score (nSPS) is 11.0. The predicted octanol–water partition coefficient (Wildman–Crippen LogP) is 4.19. The second-order valence-electron chi connectivity index (χ2n) is 5.86. The van der Waals surface area contributed by atoms with Crippen LogP contribution in [0.1, 0.15) is 15.4 Å². The van der Waals surface area contributed by atoms with Gasteiger partial charge in [-0.05, 0) is 30.3 Å². The number of nitrogens with zero attached hydrogens (tertiary/aromatic N) is 3. The molecule has 3 heterocycles. The first-order chi connectivity index (χ1) is 12.7. The molecule has 130 valence electrons. The van der Waals surface area contributed by atoms with Gasteiger partial charge >= 0.3 is 5.97 Å². The van der Waals surface area contributed by atoms with Crippen LogP contribution in [0, 0.1) is 0 Å². The second-order valence-corrected chi connectivity index (χ2v) is 6.95. The molecule has 0 bridgehead atoms. The van der Waals surface area contributed by atoms with Gasteiger partial charge in [-0.25, -0.2) is 4.79 Å². The summed E-state index contributed by atoms with van der Waals surface area (Å²) in [7, 11) is 1.39. The molecule has 0 aliphatic carbocycles. The standard InChI is InChI=1S/C20H17N3O2S/c1-25-20(24)19-9-8-18(26-19)17-11-13-23(22-17)12-10-15-7-6-14-4-2-3-5-16(14)21-15/h2-9,11,13H,10,12H2,1H3. The Balaban J connectivity index is 1.46. The number of esters is 1. The van der Waals surface area contributed by atoms with Gasteiger partial charge in [0.15, 0.2) is 0 Å². The van der Waals surface area contributed by atoms with E-state index >= 15 is 0 Å². The zero-order valence-corrected chi connectivity index (χ0v) is 15.1. The van der Waals surface area contributed by atoms with Crippen LogP contribution in [-0.4, -0.2) is 27.8 Å². The summed E-state index contributed by atoms with van der Waals surface area (Å²) >= 11 is 1.39. The van der Waals surface area contributed by atoms with Gasteiger partial charge in [-0.3, -0.25) is 9.67 Å². The Kier molecular flexibility index (Phi) is 4.50. The number of rotatable bonds is 5. The van der Waals surface area contributed by atoms with E-state index in [4.69, 9.17) is 9.72 Å². The minimum atomic E-state index is -0.317. The maximum atomic E-state index is 11.6. The van der Waals surface area contributed by atoms with Crippen LogP contribution in [0.4, 0.5) is 0 Å². The first-order valence-corrected chi connectivity index (χ1v) is 9.11. The smallest absolute Gasteiger partial charge is 0.348 e. The molecule has 0 saturated carbocycles. The van der Waals surface area contributed by atoms with Crippen LogP contribution < -0.4 is 0 Å². The van der Waals surface area contributed by atoms with E-state index in [2.05, 4.69) is 23.3 Å². The summed E-state index contributed by atoms with van der Waals surface area (Å²) in [5.74, 6) is -0.317. The molecular formula is C20H17N3O2S. The summed E-state index contributed by atoms with van der Waals surface area (Å²) in [5.41, 5.74) is 2.92. The summed E-state index contributed by atoms with van der Waals surface area (Å²) in [5, 5.41) is 5.75. The molecule has 4 aromatic rings. The number of ether oxygens (including phenoxy) is 1. The van der Waals surface area contributed by atoms with E-state index < -0.39 is 0 Å². The van der Waals surface area contributed by atoms with E-state index in [1.165, 1.54) is 18.4 Å². The Morgan fingerprint density at radius 1 is 1.12 bits per heavy atom. The summed E-state index contributed by atoms with van der Waals surface area (Å²) < 4.78 is 6.65. The highest BCUT2D eigenvalue weighted by molar-refractivity contribution is 7.17. The number of hydrogen-bond donors (Lipinski definition) is 0. The van der Waals surface area contributed by atoms with Crippen molar-refractivity contribution in [2.45, 2.75) is 13.0 Å². The number of hydrogen-bond acceptors (Lipinski definition) is 5. The van der Waals surface area contributed by atoms with Crippen molar-refractivity contribution in [2.75, 3.05) is 7.11 Å². The summed E-state index contributed by atoms with van der Waals surface area (Å²) in [6, 6.07) is 17.9. The molecule has 4 rings (SSSR count). The Bertz CT molecular complexity index is 1070. The molecule has 0 unspecified atom stereocenters. The molecule has 26 heavy (non-hydrogen) atoms. The van der Waals surface area contributed by atoms with Gasteiger partial charge in [0.25, 0.3) is 0 Å². The number of methoxy groups -OCH3 is 1. The van der Waals surface area contributed by atoms with Gasteiger partial charge < -0.3 is 4.74 Å². The molecule has 0 spiro atoms.